The average Bonchev–Trinajstić information content (AvgIpc) is 2.56. The van der Waals surface area contributed by atoms with Crippen LogP contribution in [0.4, 0.5) is 0 Å². The molecular weight excluding hydrogens is 276 g/mol. The molecular formula is C14H28N2O3S. The zero-order valence-corrected chi connectivity index (χ0v) is 13.9. The largest absolute Gasteiger partial charge is 0.339 e. The fourth-order valence-electron chi connectivity index (χ4n) is 2.86. The first-order valence-electron chi connectivity index (χ1n) is 7.29. The maximum Gasteiger partial charge on any atom is 0.224 e. The van der Waals surface area contributed by atoms with Crippen molar-refractivity contribution in [2.24, 2.45) is 11.1 Å². The summed E-state index contributed by atoms with van der Waals surface area (Å²) >= 11 is 0. The quantitative estimate of drug-likeness (QED) is 0.827. The number of rotatable bonds is 5. The summed E-state index contributed by atoms with van der Waals surface area (Å²) in [5.41, 5.74) is 6.13. The Bertz CT molecular complexity index is 440. The molecule has 1 heterocycles. The molecule has 0 radical (unpaired) electrons. The fraction of sp³-hybridized carbons (Fsp3) is 0.929. The summed E-state index contributed by atoms with van der Waals surface area (Å²) in [5, 5.41) is 0. The average molecular weight is 304 g/mol. The van der Waals surface area contributed by atoms with Gasteiger partial charge in [0.05, 0.1) is 11.5 Å². The van der Waals surface area contributed by atoms with Crippen molar-refractivity contribution in [3.63, 3.8) is 0 Å². The SMILES string of the molecule is CCN(C(=O)CC(N)CC(C)(C)C)C1CCS(=O)(=O)C1. The van der Waals surface area contributed by atoms with E-state index in [2.05, 4.69) is 20.8 Å². The van der Waals surface area contributed by atoms with Crippen molar-refractivity contribution in [3.05, 3.63) is 0 Å². The first-order valence-corrected chi connectivity index (χ1v) is 9.11. The van der Waals surface area contributed by atoms with E-state index < -0.39 is 9.84 Å². The molecule has 2 unspecified atom stereocenters. The smallest absolute Gasteiger partial charge is 0.224 e. The molecule has 6 heteroatoms. The zero-order chi connectivity index (χ0) is 15.6. The number of nitrogens with zero attached hydrogens (tertiary/aromatic N) is 1. The highest BCUT2D eigenvalue weighted by molar-refractivity contribution is 7.91. The van der Waals surface area contributed by atoms with Gasteiger partial charge in [-0.1, -0.05) is 20.8 Å². The highest BCUT2D eigenvalue weighted by Gasteiger charge is 2.34. The number of carbonyl (C=O) groups is 1. The van der Waals surface area contributed by atoms with E-state index in [1.807, 2.05) is 6.92 Å². The van der Waals surface area contributed by atoms with Crippen LogP contribution in [-0.4, -0.2) is 49.4 Å². The number of nitrogens with two attached hydrogens (primary N) is 1. The van der Waals surface area contributed by atoms with Gasteiger partial charge in [0.2, 0.25) is 5.91 Å². The van der Waals surface area contributed by atoms with Crippen molar-refractivity contribution in [2.45, 2.75) is 59.0 Å². The zero-order valence-electron chi connectivity index (χ0n) is 13.1. The first kappa shape index (κ1) is 17.4. The first-order chi connectivity index (χ1) is 9.04. The van der Waals surface area contributed by atoms with E-state index in [1.165, 1.54) is 0 Å². The summed E-state index contributed by atoms with van der Waals surface area (Å²) in [6.07, 6.45) is 1.62. The Balaban J connectivity index is 2.60. The van der Waals surface area contributed by atoms with Gasteiger partial charge in [0.15, 0.2) is 9.84 Å². The Morgan fingerprint density at radius 2 is 2.00 bits per heavy atom. The molecule has 20 heavy (non-hydrogen) atoms. The van der Waals surface area contributed by atoms with Crippen molar-refractivity contribution in [2.75, 3.05) is 18.1 Å². The molecule has 5 nitrogen and oxygen atoms in total. The molecule has 1 aliphatic rings. The molecule has 0 bridgehead atoms. The molecule has 2 atom stereocenters. The third kappa shape index (κ3) is 5.40. The van der Waals surface area contributed by atoms with Crippen LogP contribution in [-0.2, 0) is 14.6 Å². The summed E-state index contributed by atoms with van der Waals surface area (Å²) in [4.78, 5) is 14.0. The molecule has 1 rings (SSSR count). The third-order valence-corrected chi connectivity index (χ3v) is 5.37. The van der Waals surface area contributed by atoms with Crippen molar-refractivity contribution >= 4 is 15.7 Å². The maximum absolute atomic E-state index is 12.3. The van der Waals surface area contributed by atoms with E-state index in [-0.39, 0.29) is 34.9 Å². The fourth-order valence-corrected chi connectivity index (χ4v) is 4.59. The number of hydrogen-bond acceptors (Lipinski definition) is 4. The van der Waals surface area contributed by atoms with Crippen LogP contribution in [0.5, 0.6) is 0 Å². The molecule has 0 aliphatic carbocycles. The molecule has 0 spiro atoms. The lowest BCUT2D eigenvalue weighted by atomic mass is 9.87. The Morgan fingerprint density at radius 3 is 2.40 bits per heavy atom. The Labute approximate surface area is 122 Å². The minimum Gasteiger partial charge on any atom is -0.339 e. The molecule has 118 valence electrons. The number of hydrogen-bond donors (Lipinski definition) is 1. The van der Waals surface area contributed by atoms with E-state index in [4.69, 9.17) is 5.73 Å². The lowest BCUT2D eigenvalue weighted by Crippen LogP contribution is -2.43. The van der Waals surface area contributed by atoms with Gasteiger partial charge in [-0.25, -0.2) is 8.42 Å². The van der Waals surface area contributed by atoms with E-state index in [1.54, 1.807) is 4.90 Å². The van der Waals surface area contributed by atoms with Crippen LogP contribution in [0.2, 0.25) is 0 Å². The van der Waals surface area contributed by atoms with Gasteiger partial charge in [-0.3, -0.25) is 4.79 Å². The van der Waals surface area contributed by atoms with Gasteiger partial charge in [-0.2, -0.15) is 0 Å². The third-order valence-electron chi connectivity index (χ3n) is 3.62. The van der Waals surface area contributed by atoms with Crippen LogP contribution in [0, 0.1) is 5.41 Å². The summed E-state index contributed by atoms with van der Waals surface area (Å²) in [7, 11) is -2.97. The van der Waals surface area contributed by atoms with Gasteiger partial charge in [-0.05, 0) is 25.2 Å². The Kier molecular flexibility index (Phi) is 5.61. The molecule has 0 aromatic heterocycles. The molecule has 2 N–H and O–H groups in total. The summed E-state index contributed by atoms with van der Waals surface area (Å²) < 4.78 is 23.1. The molecule has 1 amide bonds. The summed E-state index contributed by atoms with van der Waals surface area (Å²) in [6, 6.07) is -0.339. The van der Waals surface area contributed by atoms with Gasteiger partial charge in [0, 0.05) is 25.0 Å². The van der Waals surface area contributed by atoms with Gasteiger partial charge in [-0.15, -0.1) is 0 Å². The lowest BCUT2D eigenvalue weighted by Gasteiger charge is -2.29. The monoisotopic (exact) mass is 304 g/mol. The van der Waals surface area contributed by atoms with Crippen LogP contribution < -0.4 is 5.73 Å². The number of amides is 1. The second kappa shape index (κ2) is 6.43. The molecule has 1 aliphatic heterocycles. The molecule has 0 aromatic carbocycles. The van der Waals surface area contributed by atoms with Gasteiger partial charge in [0.25, 0.3) is 0 Å². The van der Waals surface area contributed by atoms with E-state index in [0.717, 1.165) is 6.42 Å². The van der Waals surface area contributed by atoms with Gasteiger partial charge >= 0.3 is 0 Å². The second-order valence-corrected chi connectivity index (χ2v) is 9.19. The lowest BCUT2D eigenvalue weighted by molar-refractivity contribution is -0.133. The van der Waals surface area contributed by atoms with Crippen molar-refractivity contribution in [1.82, 2.24) is 4.90 Å². The highest BCUT2D eigenvalue weighted by Crippen LogP contribution is 2.23. The van der Waals surface area contributed by atoms with Crippen LogP contribution in [0.1, 0.15) is 47.0 Å². The van der Waals surface area contributed by atoms with Crippen molar-refractivity contribution in [1.29, 1.82) is 0 Å². The van der Waals surface area contributed by atoms with Crippen LogP contribution in [0.15, 0.2) is 0 Å². The Hall–Kier alpha value is -0.620. The van der Waals surface area contributed by atoms with E-state index in [9.17, 15) is 13.2 Å². The topological polar surface area (TPSA) is 80.5 Å². The predicted molar refractivity (Wildman–Crippen MR) is 81.1 cm³/mol. The molecule has 1 fully saturated rings. The minimum absolute atomic E-state index is 0.0219. The van der Waals surface area contributed by atoms with Crippen molar-refractivity contribution < 1.29 is 13.2 Å². The summed E-state index contributed by atoms with van der Waals surface area (Å²) in [6.45, 7) is 8.72. The highest BCUT2D eigenvalue weighted by atomic mass is 32.2. The minimum atomic E-state index is -2.97. The number of sulfone groups is 1. The standard InChI is InChI=1S/C14H28N2O3S/c1-5-16(12-6-7-20(18,19)10-12)13(17)8-11(15)9-14(2,3)4/h11-12H,5-10,15H2,1-4H3. The van der Waals surface area contributed by atoms with Crippen LogP contribution in [0.25, 0.3) is 0 Å². The number of carbonyl (C=O) groups excluding carboxylic acids is 1. The van der Waals surface area contributed by atoms with Crippen molar-refractivity contribution in [3.8, 4) is 0 Å². The van der Waals surface area contributed by atoms with Crippen LogP contribution in [0.3, 0.4) is 0 Å². The second-order valence-electron chi connectivity index (χ2n) is 6.97. The van der Waals surface area contributed by atoms with Gasteiger partial charge < -0.3 is 10.6 Å². The molecule has 0 aromatic rings. The van der Waals surface area contributed by atoms with Crippen LogP contribution >= 0.6 is 0 Å². The molecule has 1 saturated heterocycles. The van der Waals surface area contributed by atoms with Gasteiger partial charge in [0.1, 0.15) is 0 Å². The van der Waals surface area contributed by atoms with E-state index in [0.29, 0.717) is 19.4 Å². The maximum atomic E-state index is 12.3. The molecule has 0 saturated carbocycles. The Morgan fingerprint density at radius 1 is 1.40 bits per heavy atom. The normalized spacial score (nSPS) is 23.6. The summed E-state index contributed by atoms with van der Waals surface area (Å²) in [5.74, 6) is 0.266. The van der Waals surface area contributed by atoms with E-state index >= 15 is 0 Å². The predicted octanol–water partition coefficient (Wildman–Crippen LogP) is 1.18.